The molecule has 14 rings (SSSR count). The Hall–Kier alpha value is -8.62. The molecule has 0 atom stereocenters. The number of piperidine rings is 2. The van der Waals surface area contributed by atoms with Crippen molar-refractivity contribution in [1.82, 2.24) is 55.2 Å². The summed E-state index contributed by atoms with van der Waals surface area (Å²) < 4.78 is 0. The maximum Gasteiger partial charge on any atom is 0.116 e. The molecule has 388 valence electrons. The van der Waals surface area contributed by atoms with Gasteiger partial charge >= 0.3 is 0 Å². The van der Waals surface area contributed by atoms with Crippen LogP contribution in [0.4, 0.5) is 17.1 Å². The van der Waals surface area contributed by atoms with Crippen LogP contribution in [0.1, 0.15) is 76.3 Å². The number of H-pyrrole nitrogens is 4. The van der Waals surface area contributed by atoms with Gasteiger partial charge in [0.1, 0.15) is 11.4 Å². The molecular weight excluding hydrogens is 953 g/mol. The van der Waals surface area contributed by atoms with Crippen molar-refractivity contribution < 1.29 is 0 Å². The van der Waals surface area contributed by atoms with Gasteiger partial charge in [-0.3, -0.25) is 35.0 Å². The largest absolute Gasteiger partial charge is 0.371 e. The molecule has 0 spiro atoms. The highest BCUT2D eigenvalue weighted by atomic mass is 15.2. The summed E-state index contributed by atoms with van der Waals surface area (Å²) in [5.74, 6) is 0. The van der Waals surface area contributed by atoms with Crippen molar-refractivity contribution in [2.45, 2.75) is 71.8 Å². The molecule has 14 nitrogen and oxygen atoms in total. The van der Waals surface area contributed by atoms with Gasteiger partial charge in [0.2, 0.25) is 0 Å². The third kappa shape index (κ3) is 10.4. The lowest BCUT2D eigenvalue weighted by Crippen LogP contribution is -2.29. The summed E-state index contributed by atoms with van der Waals surface area (Å²) >= 11 is 0. The molecule has 3 aromatic carbocycles. The minimum atomic E-state index is 0.817. The van der Waals surface area contributed by atoms with Crippen LogP contribution < -0.4 is 15.1 Å². The van der Waals surface area contributed by atoms with E-state index in [9.17, 15) is 0 Å². The normalized spacial score (nSPS) is 14.9. The number of hydrogen-bond acceptors (Lipinski definition) is 10. The molecular formula is C63H66N14. The predicted molar refractivity (Wildman–Crippen MR) is 316 cm³/mol. The summed E-state index contributed by atoms with van der Waals surface area (Å²) in [5, 5.41) is 23.7. The molecule has 0 radical (unpaired) electrons. The fourth-order valence-corrected chi connectivity index (χ4v) is 11.4. The third-order valence-electron chi connectivity index (χ3n) is 15.2. The zero-order valence-corrected chi connectivity index (χ0v) is 44.1. The highest BCUT2D eigenvalue weighted by Gasteiger charge is 2.21. The van der Waals surface area contributed by atoms with Gasteiger partial charge in [0.15, 0.2) is 0 Å². The monoisotopic (exact) mass is 1020 g/mol. The van der Waals surface area contributed by atoms with Crippen LogP contribution >= 0.6 is 0 Å². The lowest BCUT2D eigenvalue weighted by atomic mass is 10.1. The minimum absolute atomic E-state index is 0.817. The van der Waals surface area contributed by atoms with E-state index >= 15 is 0 Å². The number of aromatic amines is 4. The summed E-state index contributed by atoms with van der Waals surface area (Å²) in [6.45, 7) is 16.0. The van der Waals surface area contributed by atoms with E-state index in [1.54, 1.807) is 6.20 Å². The van der Waals surface area contributed by atoms with Gasteiger partial charge in [-0.15, -0.1) is 0 Å². The Kier molecular flexibility index (Phi) is 14.3. The molecule has 0 saturated carbocycles. The fraction of sp³-hybridized carbons (Fsp3) is 0.270. The minimum Gasteiger partial charge on any atom is -0.371 e. The molecule has 5 N–H and O–H groups in total. The number of anilines is 3. The molecule has 11 heterocycles. The molecule has 0 aliphatic carbocycles. The SMILES string of the molecule is C=C(Nc1cncc(-c2cc3c(-c4cc5c(N6CCCCC6)cccc5[nH]4)n[nH]c3cn2)c1)c1ccccc1.CC.c1cc(N2CCCCC2)c2cc(-c3n[nH]c4cnc(-c5cncc(CN6CCCC6)c5)cc34)[nH]c2c1. The fourth-order valence-electron chi connectivity index (χ4n) is 11.4. The second-order valence-corrected chi connectivity index (χ2v) is 20.3. The van der Waals surface area contributed by atoms with Crippen molar-refractivity contribution in [3.05, 3.63) is 158 Å². The quantitative estimate of drug-likeness (QED) is 0.0843. The molecule has 0 amide bonds. The van der Waals surface area contributed by atoms with Gasteiger partial charge in [0.25, 0.3) is 0 Å². The number of likely N-dealkylation sites (tertiary alicyclic amines) is 1. The molecule has 8 aromatic heterocycles. The Balaban J connectivity index is 0.000000150. The number of rotatable bonds is 11. The van der Waals surface area contributed by atoms with Crippen molar-refractivity contribution in [1.29, 1.82) is 0 Å². The summed E-state index contributed by atoms with van der Waals surface area (Å²) in [5.41, 5.74) is 18.2. The standard InChI is InChI=1S/C32H29N7.C29H31N7.C2H6/c1-21(22-9-4-2-5-10-22)35-24-15-23(18-33-19-24)28-17-26-30(20-34-28)37-38-32(26)29-16-25-27(36-29)11-8-12-31(25)39-13-6-3-7-14-39;1-2-11-36(12-3-1)28-8-6-7-24-22(28)14-26(32-24)29-23-15-25(31-18-27(23)33-34-29)21-13-20(16-30-17-21)19-35-9-4-5-10-35;1-2/h2,4-5,8-12,15-20,35-36H,1,3,6-7,13-14H2,(H,37,38);6-8,13-18,32H,1-5,9-12,19H2,(H,33,34);1-2H3. The Morgan fingerprint density at radius 2 is 1.03 bits per heavy atom. The first-order chi connectivity index (χ1) is 38.0. The van der Waals surface area contributed by atoms with Crippen LogP contribution in [0.15, 0.2) is 147 Å². The summed E-state index contributed by atoms with van der Waals surface area (Å²) in [6.07, 6.45) is 21.5. The van der Waals surface area contributed by atoms with Crippen LogP contribution in [0.25, 0.3) is 94.6 Å². The molecule has 0 unspecified atom stereocenters. The van der Waals surface area contributed by atoms with E-state index in [1.807, 2.05) is 81.2 Å². The van der Waals surface area contributed by atoms with Gasteiger partial charge in [-0.2, -0.15) is 10.2 Å². The Labute approximate surface area is 449 Å². The van der Waals surface area contributed by atoms with Gasteiger partial charge in [-0.1, -0.05) is 62.9 Å². The number of fused-ring (bicyclic) bond motifs is 4. The first-order valence-electron chi connectivity index (χ1n) is 27.6. The maximum atomic E-state index is 4.73. The maximum absolute atomic E-state index is 4.73. The van der Waals surface area contributed by atoms with Gasteiger partial charge < -0.3 is 25.1 Å². The molecule has 11 aromatic rings. The Morgan fingerprint density at radius 1 is 0.506 bits per heavy atom. The van der Waals surface area contributed by atoms with Crippen molar-refractivity contribution in [3.63, 3.8) is 0 Å². The zero-order valence-electron chi connectivity index (χ0n) is 44.1. The first kappa shape index (κ1) is 49.3. The second kappa shape index (κ2) is 22.3. The van der Waals surface area contributed by atoms with Crippen LogP contribution in [0.5, 0.6) is 0 Å². The van der Waals surface area contributed by atoms with Gasteiger partial charge in [-0.05, 0) is 136 Å². The van der Waals surface area contributed by atoms with E-state index in [1.165, 1.54) is 92.2 Å². The summed E-state index contributed by atoms with van der Waals surface area (Å²) in [4.78, 5) is 33.2. The molecule has 77 heavy (non-hydrogen) atoms. The summed E-state index contributed by atoms with van der Waals surface area (Å²) in [6, 6.07) is 36.1. The molecule has 14 heteroatoms. The van der Waals surface area contributed by atoms with E-state index in [-0.39, 0.29) is 0 Å². The Bertz CT molecular complexity index is 3810. The lowest BCUT2D eigenvalue weighted by Gasteiger charge is -2.29. The van der Waals surface area contributed by atoms with E-state index in [2.05, 4.69) is 129 Å². The van der Waals surface area contributed by atoms with Crippen LogP contribution in [0.2, 0.25) is 0 Å². The molecule has 3 aliphatic rings. The van der Waals surface area contributed by atoms with Crippen molar-refractivity contribution in [3.8, 4) is 45.3 Å². The van der Waals surface area contributed by atoms with Crippen LogP contribution in [0, 0.1) is 0 Å². The zero-order chi connectivity index (χ0) is 52.1. The number of benzene rings is 3. The number of nitrogens with zero attached hydrogens (tertiary/aromatic N) is 9. The Morgan fingerprint density at radius 3 is 1.58 bits per heavy atom. The topological polar surface area (TPSA) is 162 Å². The average molecular weight is 1020 g/mol. The number of aromatic nitrogens is 10. The number of pyridine rings is 4. The van der Waals surface area contributed by atoms with Gasteiger partial charge in [0.05, 0.1) is 58.1 Å². The van der Waals surface area contributed by atoms with Crippen molar-refractivity contribution >= 4 is 66.4 Å². The predicted octanol–water partition coefficient (Wildman–Crippen LogP) is 14.0. The van der Waals surface area contributed by atoms with E-state index in [0.29, 0.717) is 0 Å². The lowest BCUT2D eigenvalue weighted by molar-refractivity contribution is 0.331. The van der Waals surface area contributed by atoms with Crippen molar-refractivity contribution in [2.75, 3.05) is 54.4 Å². The van der Waals surface area contributed by atoms with E-state index in [4.69, 9.17) is 15.1 Å². The van der Waals surface area contributed by atoms with Crippen LogP contribution in [-0.2, 0) is 6.54 Å². The van der Waals surface area contributed by atoms with Crippen molar-refractivity contribution in [2.24, 2.45) is 0 Å². The van der Waals surface area contributed by atoms with Gasteiger partial charge in [0, 0.05) is 112 Å². The highest BCUT2D eigenvalue weighted by Crippen LogP contribution is 2.38. The molecule has 3 fully saturated rings. The summed E-state index contributed by atoms with van der Waals surface area (Å²) in [7, 11) is 0. The first-order valence-corrected chi connectivity index (χ1v) is 27.6. The molecule has 0 bridgehead atoms. The smallest absolute Gasteiger partial charge is 0.116 e. The van der Waals surface area contributed by atoms with E-state index in [0.717, 1.165) is 128 Å². The number of nitrogens with one attached hydrogen (secondary N) is 5. The highest BCUT2D eigenvalue weighted by molar-refractivity contribution is 6.02. The van der Waals surface area contributed by atoms with Crippen LogP contribution in [-0.4, -0.2) is 94.5 Å². The van der Waals surface area contributed by atoms with E-state index < -0.39 is 0 Å². The molecule has 3 aliphatic heterocycles. The van der Waals surface area contributed by atoms with Gasteiger partial charge in [-0.25, -0.2) is 0 Å². The molecule has 3 saturated heterocycles. The average Bonchev–Trinajstić information content (AvgIpc) is 4.39. The van der Waals surface area contributed by atoms with Crippen LogP contribution in [0.3, 0.4) is 0 Å². The number of hydrogen-bond donors (Lipinski definition) is 5. The third-order valence-corrected chi connectivity index (χ3v) is 15.2. The second-order valence-electron chi connectivity index (χ2n) is 20.3.